The molecule has 0 fully saturated rings. The summed E-state index contributed by atoms with van der Waals surface area (Å²) in [6.07, 6.45) is 0.821. The highest BCUT2D eigenvalue weighted by molar-refractivity contribution is 9.11. The molecule has 3 aromatic rings. The molecule has 23 heavy (non-hydrogen) atoms. The molecule has 0 saturated heterocycles. The summed E-state index contributed by atoms with van der Waals surface area (Å²) in [7, 11) is 1.85. The van der Waals surface area contributed by atoms with Gasteiger partial charge in [0.25, 0.3) is 5.91 Å². The zero-order chi connectivity index (χ0) is 16.6. The van der Waals surface area contributed by atoms with E-state index in [0.29, 0.717) is 12.1 Å². The molecule has 3 aromatic heterocycles. The number of halogens is 1. The number of aromatic nitrogens is 3. The van der Waals surface area contributed by atoms with Crippen LogP contribution in [-0.2, 0) is 13.5 Å². The van der Waals surface area contributed by atoms with Gasteiger partial charge >= 0.3 is 0 Å². The number of amides is 1. The van der Waals surface area contributed by atoms with E-state index in [-0.39, 0.29) is 5.91 Å². The lowest BCUT2D eigenvalue weighted by molar-refractivity contribution is 0.0955. The van der Waals surface area contributed by atoms with Gasteiger partial charge in [-0.3, -0.25) is 9.48 Å². The highest BCUT2D eigenvalue weighted by Crippen LogP contribution is 2.23. The molecule has 120 valence electrons. The van der Waals surface area contributed by atoms with Gasteiger partial charge in [-0.25, -0.2) is 4.98 Å². The topological polar surface area (TPSA) is 59.8 Å². The highest BCUT2D eigenvalue weighted by atomic mass is 79.9. The van der Waals surface area contributed by atoms with Gasteiger partial charge < -0.3 is 5.32 Å². The first-order valence-electron chi connectivity index (χ1n) is 7.29. The average molecular weight is 393 g/mol. The SMILES string of the molecule is Cc1cc(C(=O)NCCc2ccc(Br)s2)c2c(C)nn(C)c2n1. The Balaban J connectivity index is 1.80. The van der Waals surface area contributed by atoms with Crippen molar-refractivity contribution in [1.82, 2.24) is 20.1 Å². The second-order valence-corrected chi connectivity index (χ2v) is 7.98. The molecule has 0 aliphatic heterocycles. The van der Waals surface area contributed by atoms with Crippen molar-refractivity contribution in [2.24, 2.45) is 7.05 Å². The van der Waals surface area contributed by atoms with Crippen LogP contribution in [0, 0.1) is 13.8 Å². The van der Waals surface area contributed by atoms with E-state index in [9.17, 15) is 4.79 Å². The Labute approximate surface area is 146 Å². The third-order valence-corrected chi connectivity index (χ3v) is 5.31. The summed E-state index contributed by atoms with van der Waals surface area (Å²) >= 11 is 5.14. The van der Waals surface area contributed by atoms with E-state index >= 15 is 0 Å². The number of aryl methyl sites for hydroxylation is 3. The van der Waals surface area contributed by atoms with Crippen LogP contribution in [0.25, 0.3) is 11.0 Å². The molecule has 0 spiro atoms. The van der Waals surface area contributed by atoms with Crippen LogP contribution in [-0.4, -0.2) is 27.2 Å². The van der Waals surface area contributed by atoms with Gasteiger partial charge in [0.15, 0.2) is 5.65 Å². The number of nitrogens with one attached hydrogen (secondary N) is 1. The van der Waals surface area contributed by atoms with E-state index in [1.54, 1.807) is 16.0 Å². The monoisotopic (exact) mass is 392 g/mol. The predicted molar refractivity (Wildman–Crippen MR) is 96.0 cm³/mol. The predicted octanol–water partition coefficient (Wildman–Crippen LogP) is 3.38. The van der Waals surface area contributed by atoms with Crippen molar-refractivity contribution >= 4 is 44.2 Å². The van der Waals surface area contributed by atoms with Crippen LogP contribution in [0.15, 0.2) is 22.0 Å². The Bertz CT molecular complexity index is 884. The molecule has 0 aliphatic rings. The van der Waals surface area contributed by atoms with E-state index in [4.69, 9.17) is 0 Å². The number of hydrogen-bond donors (Lipinski definition) is 1. The van der Waals surface area contributed by atoms with Gasteiger partial charge in [0.2, 0.25) is 0 Å². The quantitative estimate of drug-likeness (QED) is 0.739. The van der Waals surface area contributed by atoms with Crippen LogP contribution in [0.1, 0.15) is 26.6 Å². The van der Waals surface area contributed by atoms with Gasteiger partial charge in [0.1, 0.15) is 0 Å². The molecule has 3 heterocycles. The molecule has 7 heteroatoms. The van der Waals surface area contributed by atoms with Crippen molar-refractivity contribution in [2.75, 3.05) is 6.54 Å². The number of pyridine rings is 1. The number of carbonyl (C=O) groups is 1. The molecular formula is C16H17BrN4OS. The van der Waals surface area contributed by atoms with E-state index in [0.717, 1.165) is 32.6 Å². The third-order valence-electron chi connectivity index (χ3n) is 3.63. The maximum atomic E-state index is 12.6. The van der Waals surface area contributed by atoms with Gasteiger partial charge in [-0.1, -0.05) is 0 Å². The fourth-order valence-corrected chi connectivity index (χ4v) is 4.11. The van der Waals surface area contributed by atoms with E-state index in [1.807, 2.05) is 33.0 Å². The molecule has 0 radical (unpaired) electrons. The van der Waals surface area contributed by atoms with Gasteiger partial charge in [0, 0.05) is 24.2 Å². The standard InChI is InChI=1S/C16H17BrN4OS/c1-9-8-12(14-10(2)20-21(3)15(14)19-9)16(22)18-7-6-11-4-5-13(17)23-11/h4-5,8H,6-7H2,1-3H3,(H,18,22). The zero-order valence-electron chi connectivity index (χ0n) is 13.2. The number of thiophene rings is 1. The van der Waals surface area contributed by atoms with Crippen LogP contribution in [0.4, 0.5) is 0 Å². The highest BCUT2D eigenvalue weighted by Gasteiger charge is 2.17. The normalized spacial score (nSPS) is 11.1. The molecule has 0 saturated carbocycles. The Kier molecular flexibility index (Phi) is 4.50. The minimum atomic E-state index is -0.0766. The van der Waals surface area contributed by atoms with Crippen molar-refractivity contribution < 1.29 is 4.79 Å². The van der Waals surface area contributed by atoms with Crippen LogP contribution in [0.2, 0.25) is 0 Å². The number of rotatable bonds is 4. The molecule has 3 rings (SSSR count). The first kappa shape index (κ1) is 16.1. The summed E-state index contributed by atoms with van der Waals surface area (Å²) in [6, 6.07) is 5.92. The second kappa shape index (κ2) is 6.41. The van der Waals surface area contributed by atoms with Crippen molar-refractivity contribution in [3.05, 3.63) is 43.8 Å². The summed E-state index contributed by atoms with van der Waals surface area (Å²) in [5, 5.41) is 8.20. The lowest BCUT2D eigenvalue weighted by Crippen LogP contribution is -2.26. The third kappa shape index (κ3) is 3.30. The molecule has 5 nitrogen and oxygen atoms in total. The molecule has 0 atom stereocenters. The van der Waals surface area contributed by atoms with E-state index in [2.05, 4.69) is 37.4 Å². The summed E-state index contributed by atoms with van der Waals surface area (Å²) in [6.45, 7) is 4.40. The van der Waals surface area contributed by atoms with Crippen LogP contribution < -0.4 is 5.32 Å². The molecule has 0 bridgehead atoms. The average Bonchev–Trinajstić information content (AvgIpc) is 3.02. The summed E-state index contributed by atoms with van der Waals surface area (Å²) in [4.78, 5) is 18.3. The molecule has 1 N–H and O–H groups in total. The summed E-state index contributed by atoms with van der Waals surface area (Å²) in [5.74, 6) is -0.0766. The van der Waals surface area contributed by atoms with E-state index < -0.39 is 0 Å². The number of carbonyl (C=O) groups excluding carboxylic acids is 1. The number of fused-ring (bicyclic) bond motifs is 1. The van der Waals surface area contributed by atoms with Crippen LogP contribution >= 0.6 is 27.3 Å². The van der Waals surface area contributed by atoms with Crippen molar-refractivity contribution in [1.29, 1.82) is 0 Å². The fourth-order valence-electron chi connectivity index (χ4n) is 2.63. The van der Waals surface area contributed by atoms with Crippen molar-refractivity contribution in [3.8, 4) is 0 Å². The Morgan fingerprint density at radius 1 is 1.39 bits per heavy atom. The summed E-state index contributed by atoms with van der Waals surface area (Å²) < 4.78 is 2.83. The largest absolute Gasteiger partial charge is 0.352 e. The van der Waals surface area contributed by atoms with Gasteiger partial charge in [-0.05, 0) is 54.4 Å². The smallest absolute Gasteiger partial charge is 0.252 e. The maximum absolute atomic E-state index is 12.6. The van der Waals surface area contributed by atoms with Crippen molar-refractivity contribution in [2.45, 2.75) is 20.3 Å². The second-order valence-electron chi connectivity index (χ2n) is 5.43. The van der Waals surface area contributed by atoms with Gasteiger partial charge in [-0.15, -0.1) is 11.3 Å². The Morgan fingerprint density at radius 2 is 2.17 bits per heavy atom. The number of hydrogen-bond acceptors (Lipinski definition) is 4. The fraction of sp³-hybridized carbons (Fsp3) is 0.312. The van der Waals surface area contributed by atoms with Gasteiger partial charge in [-0.2, -0.15) is 5.10 Å². The Hall–Kier alpha value is -1.73. The molecule has 1 amide bonds. The molecular weight excluding hydrogens is 376 g/mol. The van der Waals surface area contributed by atoms with E-state index in [1.165, 1.54) is 4.88 Å². The molecule has 0 aromatic carbocycles. The Morgan fingerprint density at radius 3 is 2.87 bits per heavy atom. The molecule has 0 aliphatic carbocycles. The first-order chi connectivity index (χ1) is 11.0. The lowest BCUT2D eigenvalue weighted by Gasteiger charge is -2.07. The first-order valence-corrected chi connectivity index (χ1v) is 8.90. The zero-order valence-corrected chi connectivity index (χ0v) is 15.6. The van der Waals surface area contributed by atoms with Crippen LogP contribution in [0.3, 0.4) is 0 Å². The van der Waals surface area contributed by atoms with Gasteiger partial charge in [0.05, 0.1) is 20.4 Å². The van der Waals surface area contributed by atoms with Crippen LogP contribution in [0.5, 0.6) is 0 Å². The summed E-state index contributed by atoms with van der Waals surface area (Å²) in [5.41, 5.74) is 3.02. The minimum Gasteiger partial charge on any atom is -0.352 e. The van der Waals surface area contributed by atoms with Crippen molar-refractivity contribution in [3.63, 3.8) is 0 Å². The minimum absolute atomic E-state index is 0.0766. The lowest BCUT2D eigenvalue weighted by atomic mass is 10.1. The maximum Gasteiger partial charge on any atom is 0.252 e. The molecule has 0 unspecified atom stereocenters. The number of nitrogens with zero attached hydrogens (tertiary/aromatic N) is 3.